The lowest BCUT2D eigenvalue weighted by Gasteiger charge is -2.25. The number of alkyl halides is 3. The Morgan fingerprint density at radius 1 is 1.02 bits per heavy atom. The molecule has 0 radical (unpaired) electrons. The van der Waals surface area contributed by atoms with E-state index in [0.29, 0.717) is 31.7 Å². The second-order valence-electron chi connectivity index (χ2n) is 10.2. The van der Waals surface area contributed by atoms with E-state index in [0.717, 1.165) is 17.5 Å². The first-order valence-electron chi connectivity index (χ1n) is 13.3. The molecule has 10 nitrogen and oxygen atoms in total. The molecule has 1 heterocycles. The first kappa shape index (κ1) is 34.1. The summed E-state index contributed by atoms with van der Waals surface area (Å²) in [6.07, 6.45) is -3.78. The molecule has 0 bridgehead atoms. The molecule has 0 spiro atoms. The Labute approximate surface area is 241 Å². The molecule has 2 aromatic carbocycles. The third-order valence-electron chi connectivity index (χ3n) is 6.40. The van der Waals surface area contributed by atoms with Crippen LogP contribution in [0.1, 0.15) is 44.2 Å². The van der Waals surface area contributed by atoms with Crippen molar-refractivity contribution in [3.63, 3.8) is 0 Å². The first-order chi connectivity index (χ1) is 19.7. The molecule has 2 aromatic rings. The Hall–Kier alpha value is -4.13. The SMILES string of the molecule is CC(C)[C@@H](Oc1ccc(CNC(=O)[C@@H]2CCCN2C(=O)CC(N)Cc2ccccc2)cc1)C(=O)O.O=C(O)C(F)(F)F. The number of carbonyl (C=O) groups is 4. The third-order valence-corrected chi connectivity index (χ3v) is 6.40. The molecular weight excluding hydrogens is 559 g/mol. The highest BCUT2D eigenvalue weighted by molar-refractivity contribution is 5.88. The van der Waals surface area contributed by atoms with E-state index in [2.05, 4.69) is 5.32 Å². The number of nitrogens with zero attached hydrogens (tertiary/aromatic N) is 1. The van der Waals surface area contributed by atoms with Crippen molar-refractivity contribution in [2.24, 2.45) is 11.7 Å². The molecule has 2 amide bonds. The van der Waals surface area contributed by atoms with Gasteiger partial charge < -0.3 is 30.9 Å². The number of nitrogens with two attached hydrogens (primary N) is 1. The normalized spacial score (nSPS) is 16.2. The second-order valence-corrected chi connectivity index (χ2v) is 10.2. The fourth-order valence-electron chi connectivity index (χ4n) is 4.28. The lowest BCUT2D eigenvalue weighted by molar-refractivity contribution is -0.192. The number of halogens is 3. The van der Waals surface area contributed by atoms with E-state index >= 15 is 0 Å². The number of aliphatic carboxylic acids is 2. The van der Waals surface area contributed by atoms with E-state index in [9.17, 15) is 32.7 Å². The fourth-order valence-corrected chi connectivity index (χ4v) is 4.28. The van der Waals surface area contributed by atoms with Gasteiger partial charge in [-0.1, -0.05) is 56.3 Å². The molecule has 0 saturated carbocycles. The van der Waals surface area contributed by atoms with Gasteiger partial charge in [0.1, 0.15) is 11.8 Å². The van der Waals surface area contributed by atoms with Gasteiger partial charge in [0.15, 0.2) is 6.10 Å². The van der Waals surface area contributed by atoms with Crippen molar-refractivity contribution in [1.82, 2.24) is 10.2 Å². The number of ether oxygens (including phenoxy) is 1. The van der Waals surface area contributed by atoms with Crippen molar-refractivity contribution in [3.8, 4) is 5.75 Å². The summed E-state index contributed by atoms with van der Waals surface area (Å²) in [6, 6.07) is 16.0. The number of benzene rings is 2. The summed E-state index contributed by atoms with van der Waals surface area (Å²) in [7, 11) is 0. The first-order valence-corrected chi connectivity index (χ1v) is 13.3. The summed E-state index contributed by atoms with van der Waals surface area (Å²) >= 11 is 0. The Morgan fingerprint density at radius 3 is 2.14 bits per heavy atom. The zero-order valence-corrected chi connectivity index (χ0v) is 23.3. The molecule has 3 atom stereocenters. The van der Waals surface area contributed by atoms with E-state index in [-0.39, 0.29) is 30.2 Å². The number of likely N-dealkylation sites (tertiary alicyclic amines) is 1. The molecule has 13 heteroatoms. The monoisotopic (exact) mass is 595 g/mol. The van der Waals surface area contributed by atoms with Gasteiger partial charge in [0.2, 0.25) is 11.8 Å². The van der Waals surface area contributed by atoms with Crippen LogP contribution in [0.4, 0.5) is 13.2 Å². The molecule has 230 valence electrons. The second kappa shape index (κ2) is 15.8. The van der Waals surface area contributed by atoms with Gasteiger partial charge in [-0.3, -0.25) is 9.59 Å². The van der Waals surface area contributed by atoms with Crippen LogP contribution in [-0.2, 0) is 32.1 Å². The maximum atomic E-state index is 12.9. The van der Waals surface area contributed by atoms with Crippen LogP contribution in [0.15, 0.2) is 54.6 Å². The van der Waals surface area contributed by atoms with E-state index in [1.165, 1.54) is 0 Å². The van der Waals surface area contributed by atoms with Crippen LogP contribution in [0.25, 0.3) is 0 Å². The minimum Gasteiger partial charge on any atom is -0.478 e. The van der Waals surface area contributed by atoms with E-state index in [4.69, 9.17) is 20.4 Å². The molecule has 0 aromatic heterocycles. The van der Waals surface area contributed by atoms with Crippen molar-refractivity contribution in [2.75, 3.05) is 6.54 Å². The minimum atomic E-state index is -5.08. The summed E-state index contributed by atoms with van der Waals surface area (Å²) in [4.78, 5) is 47.6. The molecule has 5 N–H and O–H groups in total. The van der Waals surface area contributed by atoms with Crippen molar-refractivity contribution in [2.45, 2.75) is 70.4 Å². The molecule has 0 aliphatic carbocycles. The number of carboxylic acid groups (broad SMARTS) is 2. The summed E-state index contributed by atoms with van der Waals surface area (Å²) in [5, 5.41) is 19.3. The predicted octanol–water partition coefficient (Wildman–Crippen LogP) is 3.38. The van der Waals surface area contributed by atoms with Crippen LogP contribution in [0.3, 0.4) is 0 Å². The smallest absolute Gasteiger partial charge is 0.478 e. The van der Waals surface area contributed by atoms with Gasteiger partial charge in [0.25, 0.3) is 0 Å². The summed E-state index contributed by atoms with van der Waals surface area (Å²) in [5.41, 5.74) is 8.15. The Morgan fingerprint density at radius 2 is 1.62 bits per heavy atom. The molecule has 1 aliphatic rings. The van der Waals surface area contributed by atoms with E-state index < -0.39 is 30.3 Å². The fraction of sp³-hybridized carbons (Fsp3) is 0.448. The summed E-state index contributed by atoms with van der Waals surface area (Å²) < 4.78 is 37.3. The van der Waals surface area contributed by atoms with Crippen LogP contribution in [0.5, 0.6) is 5.75 Å². The lowest BCUT2D eigenvalue weighted by Crippen LogP contribution is -2.47. The zero-order valence-electron chi connectivity index (χ0n) is 23.3. The van der Waals surface area contributed by atoms with Crippen LogP contribution >= 0.6 is 0 Å². The Bertz CT molecular complexity index is 1190. The van der Waals surface area contributed by atoms with Gasteiger partial charge in [0, 0.05) is 31.5 Å². The average Bonchev–Trinajstić information content (AvgIpc) is 3.41. The molecule has 1 aliphatic heterocycles. The number of hydrogen-bond acceptors (Lipinski definition) is 6. The van der Waals surface area contributed by atoms with Crippen molar-refractivity contribution >= 4 is 23.8 Å². The molecule has 1 saturated heterocycles. The lowest BCUT2D eigenvalue weighted by atomic mass is 10.0. The third kappa shape index (κ3) is 11.0. The largest absolute Gasteiger partial charge is 0.490 e. The average molecular weight is 596 g/mol. The molecule has 42 heavy (non-hydrogen) atoms. The van der Waals surface area contributed by atoms with Gasteiger partial charge in [-0.15, -0.1) is 0 Å². The van der Waals surface area contributed by atoms with Crippen molar-refractivity contribution in [3.05, 3.63) is 65.7 Å². The molecule has 1 fully saturated rings. The number of carbonyl (C=O) groups excluding carboxylic acids is 2. The number of nitrogens with one attached hydrogen (secondary N) is 1. The highest BCUT2D eigenvalue weighted by atomic mass is 19.4. The van der Waals surface area contributed by atoms with E-state index in [1.54, 1.807) is 43.0 Å². The summed E-state index contributed by atoms with van der Waals surface area (Å²) in [5.74, 6) is -3.75. The number of carboxylic acids is 2. The zero-order chi connectivity index (χ0) is 31.4. The van der Waals surface area contributed by atoms with Crippen LogP contribution in [0, 0.1) is 5.92 Å². The molecule has 3 rings (SSSR count). The van der Waals surface area contributed by atoms with Crippen LogP contribution in [-0.4, -0.2) is 69.8 Å². The highest BCUT2D eigenvalue weighted by Crippen LogP contribution is 2.21. The van der Waals surface area contributed by atoms with Gasteiger partial charge >= 0.3 is 18.1 Å². The number of hydrogen-bond donors (Lipinski definition) is 4. The molecule has 1 unspecified atom stereocenters. The predicted molar refractivity (Wildman–Crippen MR) is 146 cm³/mol. The van der Waals surface area contributed by atoms with Crippen molar-refractivity contribution < 1.29 is 47.3 Å². The van der Waals surface area contributed by atoms with Gasteiger partial charge in [-0.05, 0) is 42.5 Å². The quantitative estimate of drug-likeness (QED) is 0.308. The van der Waals surface area contributed by atoms with Crippen LogP contribution < -0.4 is 15.8 Å². The number of amides is 2. The maximum absolute atomic E-state index is 12.9. The van der Waals surface area contributed by atoms with Gasteiger partial charge in [0.05, 0.1) is 0 Å². The number of rotatable bonds is 11. The summed E-state index contributed by atoms with van der Waals surface area (Å²) in [6.45, 7) is 4.44. The van der Waals surface area contributed by atoms with Crippen LogP contribution in [0.2, 0.25) is 0 Å². The maximum Gasteiger partial charge on any atom is 0.490 e. The minimum absolute atomic E-state index is 0.0919. The molecular formula is C29H36F3N3O7. The highest BCUT2D eigenvalue weighted by Gasteiger charge is 2.38. The van der Waals surface area contributed by atoms with Crippen molar-refractivity contribution in [1.29, 1.82) is 0 Å². The standard InChI is InChI=1S/C27H35N3O5.C2HF3O2/c1-18(2)25(27(33)34)35-22-12-10-20(11-13-22)17-29-26(32)23-9-6-14-30(23)24(31)16-21(28)15-19-7-4-3-5-8-19;3-2(4,5)1(6)7/h3-5,7-8,10-13,18,21,23,25H,6,9,14-17,28H2,1-2H3,(H,29,32)(H,33,34);(H,6,7)/t21?,23-,25+;/m0./s1. The van der Waals surface area contributed by atoms with Gasteiger partial charge in [-0.2, -0.15) is 13.2 Å². The topological polar surface area (TPSA) is 159 Å². The van der Waals surface area contributed by atoms with E-state index in [1.807, 2.05) is 30.3 Å². The van der Waals surface area contributed by atoms with Gasteiger partial charge in [-0.25, -0.2) is 9.59 Å². The Kier molecular flexibility index (Phi) is 12.8. The Balaban J connectivity index is 0.000000782.